The number of rotatable bonds is 6. The zero-order valence-electron chi connectivity index (χ0n) is 16.5. The van der Waals surface area contributed by atoms with Crippen LogP contribution in [-0.4, -0.2) is 47.5 Å². The molecular formula is C20H23ClN4O4S. The molecule has 160 valence electrons. The van der Waals surface area contributed by atoms with Gasteiger partial charge in [-0.15, -0.1) is 11.3 Å². The van der Waals surface area contributed by atoms with Gasteiger partial charge in [0.25, 0.3) is 0 Å². The molecule has 0 radical (unpaired) electrons. The van der Waals surface area contributed by atoms with Crippen LogP contribution in [0.4, 0.5) is 15.6 Å². The Morgan fingerprint density at radius 2 is 2.03 bits per heavy atom. The number of esters is 1. The van der Waals surface area contributed by atoms with Crippen LogP contribution in [0, 0.1) is 5.92 Å². The number of halogens is 1. The van der Waals surface area contributed by atoms with Crippen LogP contribution in [0.15, 0.2) is 29.6 Å². The number of carbonyl (C=O) groups is 3. The number of likely N-dealkylation sites (tertiary alicyclic amines) is 1. The molecule has 3 amide bonds. The number of nitrogens with zero attached hydrogens (tertiary/aromatic N) is 2. The second-order valence-corrected chi connectivity index (χ2v) is 8.11. The van der Waals surface area contributed by atoms with Crippen molar-refractivity contribution >= 4 is 51.7 Å². The number of ether oxygens (including phenoxy) is 1. The molecule has 1 aromatic heterocycles. The fourth-order valence-corrected chi connectivity index (χ4v) is 4.06. The number of urea groups is 1. The van der Waals surface area contributed by atoms with Gasteiger partial charge in [0.1, 0.15) is 0 Å². The molecule has 1 aromatic carbocycles. The second kappa shape index (κ2) is 10.4. The number of hydrogen-bond acceptors (Lipinski definition) is 6. The van der Waals surface area contributed by atoms with E-state index in [9.17, 15) is 14.4 Å². The van der Waals surface area contributed by atoms with Crippen molar-refractivity contribution in [3.8, 4) is 0 Å². The standard InChI is InChI=1S/C20H23ClN4O4S/c1-2-29-18(27)13-6-8-25(9-7-13)17(26)11-16-12-30-20(23-16)24-19(28)22-15-5-3-4-14(21)10-15/h3-5,10,12-13H,2,6-9,11H2,1H3,(H2,22,23,24,28). The summed E-state index contributed by atoms with van der Waals surface area (Å²) >= 11 is 7.15. The van der Waals surface area contributed by atoms with E-state index < -0.39 is 6.03 Å². The maximum absolute atomic E-state index is 12.5. The molecule has 2 N–H and O–H groups in total. The highest BCUT2D eigenvalue weighted by molar-refractivity contribution is 7.14. The third-order valence-electron chi connectivity index (χ3n) is 4.65. The average Bonchev–Trinajstić information content (AvgIpc) is 3.14. The lowest BCUT2D eigenvalue weighted by atomic mass is 9.97. The summed E-state index contributed by atoms with van der Waals surface area (Å²) in [6, 6.07) is 6.38. The van der Waals surface area contributed by atoms with Crippen LogP contribution in [-0.2, 0) is 20.7 Å². The van der Waals surface area contributed by atoms with Gasteiger partial charge >= 0.3 is 12.0 Å². The Morgan fingerprint density at radius 3 is 2.73 bits per heavy atom. The first-order valence-corrected chi connectivity index (χ1v) is 10.9. The number of aromatic nitrogens is 1. The minimum absolute atomic E-state index is 0.0439. The summed E-state index contributed by atoms with van der Waals surface area (Å²) in [6.45, 7) is 3.21. The molecule has 10 heteroatoms. The average molecular weight is 451 g/mol. The monoisotopic (exact) mass is 450 g/mol. The van der Waals surface area contributed by atoms with Crippen LogP contribution in [0.3, 0.4) is 0 Å². The third-order valence-corrected chi connectivity index (χ3v) is 5.70. The van der Waals surface area contributed by atoms with Crippen LogP contribution in [0.2, 0.25) is 5.02 Å². The van der Waals surface area contributed by atoms with Crippen molar-refractivity contribution < 1.29 is 19.1 Å². The molecule has 0 aliphatic carbocycles. The summed E-state index contributed by atoms with van der Waals surface area (Å²) in [4.78, 5) is 42.5. The predicted molar refractivity (Wildman–Crippen MR) is 116 cm³/mol. The van der Waals surface area contributed by atoms with E-state index in [2.05, 4.69) is 15.6 Å². The molecule has 1 aliphatic heterocycles. The lowest BCUT2D eigenvalue weighted by molar-refractivity contribution is -0.151. The van der Waals surface area contributed by atoms with Gasteiger partial charge in [0.2, 0.25) is 5.91 Å². The molecule has 0 atom stereocenters. The number of anilines is 2. The van der Waals surface area contributed by atoms with E-state index in [0.29, 0.717) is 54.1 Å². The van der Waals surface area contributed by atoms with Gasteiger partial charge in [-0.2, -0.15) is 0 Å². The highest BCUT2D eigenvalue weighted by Gasteiger charge is 2.28. The smallest absolute Gasteiger partial charge is 0.325 e. The van der Waals surface area contributed by atoms with Crippen molar-refractivity contribution in [2.75, 3.05) is 30.3 Å². The molecule has 0 saturated carbocycles. The van der Waals surface area contributed by atoms with E-state index in [1.165, 1.54) is 11.3 Å². The summed E-state index contributed by atoms with van der Waals surface area (Å²) in [5.74, 6) is -0.365. The van der Waals surface area contributed by atoms with E-state index in [1.807, 2.05) is 0 Å². The Hall–Kier alpha value is -2.65. The summed E-state index contributed by atoms with van der Waals surface area (Å²) in [5.41, 5.74) is 1.16. The lowest BCUT2D eigenvalue weighted by Gasteiger charge is -2.30. The van der Waals surface area contributed by atoms with Crippen LogP contribution >= 0.6 is 22.9 Å². The van der Waals surface area contributed by atoms with Crippen molar-refractivity contribution in [2.45, 2.75) is 26.2 Å². The number of carbonyl (C=O) groups excluding carboxylic acids is 3. The van der Waals surface area contributed by atoms with Crippen molar-refractivity contribution in [2.24, 2.45) is 5.92 Å². The molecule has 1 aliphatic rings. The normalized spacial score (nSPS) is 14.3. The molecule has 3 rings (SSSR count). The van der Waals surface area contributed by atoms with E-state index in [4.69, 9.17) is 16.3 Å². The zero-order chi connectivity index (χ0) is 21.5. The molecule has 8 nitrogen and oxygen atoms in total. The maximum Gasteiger partial charge on any atom is 0.325 e. The number of amides is 3. The summed E-state index contributed by atoms with van der Waals surface area (Å²) in [7, 11) is 0. The van der Waals surface area contributed by atoms with Gasteiger partial charge in [-0.3, -0.25) is 14.9 Å². The highest BCUT2D eigenvalue weighted by Crippen LogP contribution is 2.21. The number of hydrogen-bond donors (Lipinski definition) is 2. The van der Waals surface area contributed by atoms with E-state index >= 15 is 0 Å². The molecule has 0 unspecified atom stereocenters. The fourth-order valence-electron chi connectivity index (χ4n) is 3.16. The summed E-state index contributed by atoms with van der Waals surface area (Å²) in [5, 5.41) is 8.00. The van der Waals surface area contributed by atoms with Gasteiger partial charge in [-0.1, -0.05) is 17.7 Å². The molecule has 1 saturated heterocycles. The molecule has 1 fully saturated rings. The first-order chi connectivity index (χ1) is 14.4. The first kappa shape index (κ1) is 22.0. The van der Waals surface area contributed by atoms with Crippen LogP contribution in [0.1, 0.15) is 25.5 Å². The molecule has 30 heavy (non-hydrogen) atoms. The Kier molecular flexibility index (Phi) is 7.64. The van der Waals surface area contributed by atoms with Gasteiger partial charge < -0.3 is 15.0 Å². The van der Waals surface area contributed by atoms with Crippen LogP contribution < -0.4 is 10.6 Å². The number of nitrogens with one attached hydrogen (secondary N) is 2. The lowest BCUT2D eigenvalue weighted by Crippen LogP contribution is -2.41. The van der Waals surface area contributed by atoms with Gasteiger partial charge in [0, 0.05) is 29.2 Å². The van der Waals surface area contributed by atoms with Gasteiger partial charge in [-0.05, 0) is 38.0 Å². The summed E-state index contributed by atoms with van der Waals surface area (Å²) < 4.78 is 5.05. The Morgan fingerprint density at radius 1 is 1.27 bits per heavy atom. The highest BCUT2D eigenvalue weighted by atomic mass is 35.5. The first-order valence-electron chi connectivity index (χ1n) is 9.67. The Bertz CT molecular complexity index is 912. The predicted octanol–water partition coefficient (Wildman–Crippen LogP) is 3.78. The quantitative estimate of drug-likeness (QED) is 0.652. The van der Waals surface area contributed by atoms with Crippen molar-refractivity contribution in [1.29, 1.82) is 0 Å². The number of thiazole rings is 1. The van der Waals surface area contributed by atoms with Crippen LogP contribution in [0.5, 0.6) is 0 Å². The second-order valence-electron chi connectivity index (χ2n) is 6.82. The SMILES string of the molecule is CCOC(=O)C1CCN(C(=O)Cc2csc(NC(=O)Nc3cccc(Cl)c3)n2)CC1. The van der Waals surface area contributed by atoms with E-state index in [1.54, 1.807) is 41.5 Å². The minimum Gasteiger partial charge on any atom is -0.466 e. The third kappa shape index (κ3) is 6.17. The molecule has 0 spiro atoms. The number of piperidine rings is 1. The molecule has 2 aromatic rings. The fraction of sp³-hybridized carbons (Fsp3) is 0.400. The van der Waals surface area contributed by atoms with Crippen LogP contribution in [0.25, 0.3) is 0 Å². The van der Waals surface area contributed by atoms with Crippen molar-refractivity contribution in [3.63, 3.8) is 0 Å². The maximum atomic E-state index is 12.5. The van der Waals surface area contributed by atoms with Gasteiger partial charge in [0.05, 0.1) is 24.6 Å². The molecule has 2 heterocycles. The van der Waals surface area contributed by atoms with E-state index in [0.717, 1.165) is 0 Å². The Balaban J connectivity index is 1.46. The summed E-state index contributed by atoms with van der Waals surface area (Å²) in [6.07, 6.45) is 1.37. The molecular weight excluding hydrogens is 428 g/mol. The van der Waals surface area contributed by atoms with Crippen molar-refractivity contribution in [3.05, 3.63) is 40.4 Å². The molecule has 0 bridgehead atoms. The van der Waals surface area contributed by atoms with E-state index in [-0.39, 0.29) is 24.2 Å². The number of benzene rings is 1. The van der Waals surface area contributed by atoms with Gasteiger partial charge in [-0.25, -0.2) is 9.78 Å². The minimum atomic E-state index is -0.439. The largest absolute Gasteiger partial charge is 0.466 e. The topological polar surface area (TPSA) is 101 Å². The van der Waals surface area contributed by atoms with Gasteiger partial charge in [0.15, 0.2) is 5.13 Å². The Labute approximate surface area is 183 Å². The van der Waals surface area contributed by atoms with Crippen molar-refractivity contribution in [1.82, 2.24) is 9.88 Å². The zero-order valence-corrected chi connectivity index (χ0v) is 18.1.